The van der Waals surface area contributed by atoms with Gasteiger partial charge in [0, 0.05) is 11.6 Å². The standard InChI is InChI=1S/C20H18FN3O3/c21-16-9-5-4-8-15(16)17-10-11-20(27)24(23-17)12-19(26)22-18(13-25)14-6-2-1-3-7-14/h1-11,18,25H,12-13H2,(H,22,26). The molecular formula is C20H18FN3O3. The average Bonchev–Trinajstić information content (AvgIpc) is 2.69. The summed E-state index contributed by atoms with van der Waals surface area (Å²) in [7, 11) is 0. The van der Waals surface area contributed by atoms with Gasteiger partial charge in [-0.2, -0.15) is 5.10 Å². The first-order chi connectivity index (χ1) is 13.1. The zero-order valence-electron chi connectivity index (χ0n) is 14.4. The Morgan fingerprint density at radius 1 is 1.07 bits per heavy atom. The van der Waals surface area contributed by atoms with Crippen molar-refractivity contribution in [3.8, 4) is 11.3 Å². The summed E-state index contributed by atoms with van der Waals surface area (Å²) in [4.78, 5) is 24.4. The van der Waals surface area contributed by atoms with E-state index in [9.17, 15) is 19.1 Å². The molecule has 0 spiro atoms. The van der Waals surface area contributed by atoms with Crippen molar-refractivity contribution in [1.29, 1.82) is 0 Å². The fourth-order valence-corrected chi connectivity index (χ4v) is 2.67. The summed E-state index contributed by atoms with van der Waals surface area (Å²) >= 11 is 0. The zero-order chi connectivity index (χ0) is 19.2. The Morgan fingerprint density at radius 3 is 2.48 bits per heavy atom. The number of hydrogen-bond donors (Lipinski definition) is 2. The Hall–Kier alpha value is -3.32. The molecule has 0 saturated carbocycles. The van der Waals surface area contributed by atoms with Gasteiger partial charge in [0.25, 0.3) is 5.56 Å². The smallest absolute Gasteiger partial charge is 0.267 e. The molecular weight excluding hydrogens is 349 g/mol. The molecule has 3 aromatic rings. The van der Waals surface area contributed by atoms with Crippen LogP contribution < -0.4 is 10.9 Å². The lowest BCUT2D eigenvalue weighted by Crippen LogP contribution is -2.36. The second-order valence-corrected chi connectivity index (χ2v) is 5.91. The van der Waals surface area contributed by atoms with Gasteiger partial charge in [-0.05, 0) is 23.8 Å². The highest BCUT2D eigenvalue weighted by Gasteiger charge is 2.15. The van der Waals surface area contributed by atoms with Crippen LogP contribution in [0.25, 0.3) is 11.3 Å². The van der Waals surface area contributed by atoms with E-state index >= 15 is 0 Å². The highest BCUT2D eigenvalue weighted by Crippen LogP contribution is 2.18. The summed E-state index contributed by atoms with van der Waals surface area (Å²) in [5.41, 5.74) is 0.755. The second kappa shape index (κ2) is 8.37. The molecule has 0 radical (unpaired) electrons. The van der Waals surface area contributed by atoms with Crippen molar-refractivity contribution in [2.75, 3.05) is 6.61 Å². The van der Waals surface area contributed by atoms with E-state index < -0.39 is 23.3 Å². The van der Waals surface area contributed by atoms with Gasteiger partial charge < -0.3 is 10.4 Å². The quantitative estimate of drug-likeness (QED) is 0.697. The number of aromatic nitrogens is 2. The molecule has 1 amide bonds. The molecule has 1 heterocycles. The number of nitrogens with zero attached hydrogens (tertiary/aromatic N) is 2. The lowest BCUT2D eigenvalue weighted by Gasteiger charge is -2.17. The number of nitrogens with one attached hydrogen (secondary N) is 1. The molecule has 2 N–H and O–H groups in total. The fraction of sp³-hybridized carbons (Fsp3) is 0.150. The number of carbonyl (C=O) groups is 1. The molecule has 0 bridgehead atoms. The van der Waals surface area contributed by atoms with Crippen LogP contribution in [-0.4, -0.2) is 27.4 Å². The van der Waals surface area contributed by atoms with Crippen LogP contribution in [0.4, 0.5) is 4.39 Å². The summed E-state index contributed by atoms with van der Waals surface area (Å²) in [5, 5.41) is 16.3. The fourth-order valence-electron chi connectivity index (χ4n) is 2.67. The predicted molar refractivity (Wildman–Crippen MR) is 98.3 cm³/mol. The Balaban J connectivity index is 1.79. The second-order valence-electron chi connectivity index (χ2n) is 5.91. The van der Waals surface area contributed by atoms with E-state index in [1.165, 1.54) is 18.2 Å². The van der Waals surface area contributed by atoms with Crippen LogP contribution in [0.1, 0.15) is 11.6 Å². The Labute approximate surface area is 154 Å². The van der Waals surface area contributed by atoms with E-state index in [1.54, 1.807) is 42.5 Å². The normalized spacial score (nSPS) is 11.8. The van der Waals surface area contributed by atoms with Gasteiger partial charge in [-0.15, -0.1) is 0 Å². The van der Waals surface area contributed by atoms with Crippen LogP contribution >= 0.6 is 0 Å². The van der Waals surface area contributed by atoms with Crippen LogP contribution in [0.2, 0.25) is 0 Å². The van der Waals surface area contributed by atoms with Gasteiger partial charge in [0.2, 0.25) is 5.91 Å². The van der Waals surface area contributed by atoms with Crippen LogP contribution in [0, 0.1) is 5.82 Å². The number of hydrogen-bond acceptors (Lipinski definition) is 4. The maximum Gasteiger partial charge on any atom is 0.267 e. The first kappa shape index (κ1) is 18.5. The number of carbonyl (C=O) groups excluding carboxylic acids is 1. The summed E-state index contributed by atoms with van der Waals surface area (Å²) < 4.78 is 14.9. The first-order valence-electron chi connectivity index (χ1n) is 8.36. The van der Waals surface area contributed by atoms with Crippen molar-refractivity contribution in [2.24, 2.45) is 0 Å². The minimum atomic E-state index is -0.593. The Bertz CT molecular complexity index is 989. The van der Waals surface area contributed by atoms with Crippen LogP contribution in [0.5, 0.6) is 0 Å². The van der Waals surface area contributed by atoms with Gasteiger partial charge in [-0.3, -0.25) is 9.59 Å². The summed E-state index contributed by atoms with van der Waals surface area (Å²) in [5.74, 6) is -0.956. The number of halogens is 1. The number of rotatable bonds is 6. The largest absolute Gasteiger partial charge is 0.394 e. The van der Waals surface area contributed by atoms with E-state index in [-0.39, 0.29) is 24.4 Å². The van der Waals surface area contributed by atoms with Gasteiger partial charge in [0.15, 0.2) is 0 Å². The van der Waals surface area contributed by atoms with Gasteiger partial charge in [-0.25, -0.2) is 9.07 Å². The van der Waals surface area contributed by atoms with E-state index in [2.05, 4.69) is 10.4 Å². The third kappa shape index (κ3) is 4.45. The molecule has 1 unspecified atom stereocenters. The molecule has 3 rings (SSSR count). The summed E-state index contributed by atoms with van der Waals surface area (Å²) in [6.07, 6.45) is 0. The minimum Gasteiger partial charge on any atom is -0.394 e. The van der Waals surface area contributed by atoms with E-state index in [0.717, 1.165) is 10.2 Å². The Morgan fingerprint density at radius 2 is 1.78 bits per heavy atom. The van der Waals surface area contributed by atoms with Gasteiger partial charge in [0.05, 0.1) is 18.3 Å². The van der Waals surface area contributed by atoms with Crippen LogP contribution in [0.15, 0.2) is 71.5 Å². The van der Waals surface area contributed by atoms with Crippen LogP contribution in [-0.2, 0) is 11.3 Å². The SMILES string of the molecule is O=C(Cn1nc(-c2ccccc2F)ccc1=O)NC(CO)c1ccccc1. The molecule has 27 heavy (non-hydrogen) atoms. The maximum absolute atomic E-state index is 13.9. The van der Waals surface area contributed by atoms with Crippen molar-refractivity contribution in [3.63, 3.8) is 0 Å². The van der Waals surface area contributed by atoms with Gasteiger partial charge in [-0.1, -0.05) is 42.5 Å². The average molecular weight is 367 g/mol. The molecule has 0 aliphatic heterocycles. The molecule has 1 aromatic heterocycles. The van der Waals surface area contributed by atoms with Crippen molar-refractivity contribution < 1.29 is 14.3 Å². The third-order valence-electron chi connectivity index (χ3n) is 4.03. The lowest BCUT2D eigenvalue weighted by molar-refractivity contribution is -0.123. The molecule has 138 valence electrons. The molecule has 1 atom stereocenters. The number of benzene rings is 2. The summed E-state index contributed by atoms with van der Waals surface area (Å²) in [6.45, 7) is -0.627. The molecule has 0 aliphatic carbocycles. The molecule has 2 aromatic carbocycles. The topological polar surface area (TPSA) is 84.2 Å². The third-order valence-corrected chi connectivity index (χ3v) is 4.03. The number of aliphatic hydroxyl groups excluding tert-OH is 1. The van der Waals surface area contributed by atoms with Gasteiger partial charge in [0.1, 0.15) is 12.4 Å². The molecule has 0 fully saturated rings. The van der Waals surface area contributed by atoms with E-state index in [4.69, 9.17) is 0 Å². The van der Waals surface area contributed by atoms with Crippen LogP contribution in [0.3, 0.4) is 0 Å². The minimum absolute atomic E-state index is 0.240. The molecule has 7 heteroatoms. The number of amides is 1. The Kier molecular flexibility index (Phi) is 5.73. The monoisotopic (exact) mass is 367 g/mol. The van der Waals surface area contributed by atoms with E-state index in [1.807, 2.05) is 6.07 Å². The van der Waals surface area contributed by atoms with E-state index in [0.29, 0.717) is 0 Å². The molecule has 0 saturated heterocycles. The van der Waals surface area contributed by atoms with Crippen molar-refractivity contribution >= 4 is 5.91 Å². The lowest BCUT2D eigenvalue weighted by atomic mass is 10.1. The molecule has 6 nitrogen and oxygen atoms in total. The van der Waals surface area contributed by atoms with Crippen molar-refractivity contribution in [3.05, 3.63) is 88.5 Å². The predicted octanol–water partition coefficient (Wildman–Crippen LogP) is 1.90. The highest BCUT2D eigenvalue weighted by atomic mass is 19.1. The van der Waals surface area contributed by atoms with Crippen molar-refractivity contribution in [1.82, 2.24) is 15.1 Å². The summed E-state index contributed by atoms with van der Waals surface area (Å²) in [6, 6.07) is 17.1. The number of aliphatic hydroxyl groups is 1. The maximum atomic E-state index is 13.9. The zero-order valence-corrected chi connectivity index (χ0v) is 14.4. The van der Waals surface area contributed by atoms with Gasteiger partial charge >= 0.3 is 0 Å². The molecule has 0 aliphatic rings. The highest BCUT2D eigenvalue weighted by molar-refractivity contribution is 5.76. The van der Waals surface area contributed by atoms with Crippen molar-refractivity contribution in [2.45, 2.75) is 12.6 Å². The first-order valence-corrected chi connectivity index (χ1v) is 8.36.